The van der Waals surface area contributed by atoms with Crippen LogP contribution in [0, 0.1) is 0 Å². The summed E-state index contributed by atoms with van der Waals surface area (Å²) in [5.41, 5.74) is 6.07. The highest BCUT2D eigenvalue weighted by atomic mass is 79.9. The van der Waals surface area contributed by atoms with E-state index in [4.69, 9.17) is 5.73 Å². The second-order valence-corrected chi connectivity index (χ2v) is 5.44. The smallest absolute Gasteiger partial charge is 0.255 e. The predicted octanol–water partition coefficient (Wildman–Crippen LogP) is 2.30. The summed E-state index contributed by atoms with van der Waals surface area (Å²) in [7, 11) is 0. The highest BCUT2D eigenvalue weighted by molar-refractivity contribution is 9.10. The van der Waals surface area contributed by atoms with Gasteiger partial charge in [0.25, 0.3) is 5.91 Å². The molecular weight excluding hydrogens is 302 g/mol. The van der Waals surface area contributed by atoms with Gasteiger partial charge in [-0.1, -0.05) is 0 Å². The van der Waals surface area contributed by atoms with Crippen molar-refractivity contribution >= 4 is 39.4 Å². The van der Waals surface area contributed by atoms with Crippen LogP contribution in [0.5, 0.6) is 0 Å². The summed E-state index contributed by atoms with van der Waals surface area (Å²) in [5, 5.41) is 2.84. The molecule has 0 unspecified atom stereocenters. The van der Waals surface area contributed by atoms with E-state index in [-0.39, 0.29) is 11.7 Å². The molecule has 4 nitrogen and oxygen atoms in total. The van der Waals surface area contributed by atoms with Crippen LogP contribution in [0.15, 0.2) is 16.7 Å². The Morgan fingerprint density at radius 1 is 1.59 bits per heavy atom. The lowest BCUT2D eigenvalue weighted by Crippen LogP contribution is -2.25. The van der Waals surface area contributed by atoms with E-state index in [9.17, 15) is 4.79 Å². The van der Waals surface area contributed by atoms with Crippen LogP contribution in [0.3, 0.4) is 0 Å². The number of thioether (sulfide) groups is 1. The molecule has 0 aliphatic heterocycles. The second kappa shape index (κ2) is 7.55. The molecule has 0 bridgehead atoms. The van der Waals surface area contributed by atoms with Gasteiger partial charge in [0.05, 0.1) is 5.56 Å². The minimum atomic E-state index is -0.166. The number of hydrogen-bond donors (Lipinski definition) is 2. The van der Waals surface area contributed by atoms with E-state index in [0.29, 0.717) is 12.1 Å². The summed E-state index contributed by atoms with van der Waals surface area (Å²) in [5.74, 6) is 1.21. The number of anilines is 1. The summed E-state index contributed by atoms with van der Waals surface area (Å²) in [6.45, 7) is 0.672. The Bertz CT molecular complexity index is 387. The van der Waals surface area contributed by atoms with E-state index in [0.717, 1.165) is 23.1 Å². The van der Waals surface area contributed by atoms with Crippen molar-refractivity contribution in [2.45, 2.75) is 12.8 Å². The number of unbranched alkanes of at least 4 members (excludes halogenated alkanes) is 1. The van der Waals surface area contributed by atoms with Crippen LogP contribution in [0.4, 0.5) is 5.82 Å². The number of halogens is 1. The maximum Gasteiger partial charge on any atom is 0.255 e. The fraction of sp³-hybridized carbons (Fsp3) is 0.455. The standard InChI is InChI=1S/C11H16BrN3OS/c1-17-5-3-2-4-14-11(16)9-6-8(12)7-15-10(9)13/h6-7H,2-5H2,1H3,(H2,13,15)(H,14,16). The van der Waals surface area contributed by atoms with Crippen LogP contribution in [0.2, 0.25) is 0 Å². The molecule has 0 fully saturated rings. The second-order valence-electron chi connectivity index (χ2n) is 3.54. The quantitative estimate of drug-likeness (QED) is 0.790. The molecule has 17 heavy (non-hydrogen) atoms. The van der Waals surface area contributed by atoms with Crippen LogP contribution >= 0.6 is 27.7 Å². The van der Waals surface area contributed by atoms with Crippen molar-refractivity contribution < 1.29 is 4.79 Å². The van der Waals surface area contributed by atoms with E-state index in [1.165, 1.54) is 0 Å². The van der Waals surface area contributed by atoms with E-state index < -0.39 is 0 Å². The minimum Gasteiger partial charge on any atom is -0.383 e. The van der Waals surface area contributed by atoms with Gasteiger partial charge in [-0.05, 0) is 46.8 Å². The fourth-order valence-corrected chi connectivity index (χ4v) is 2.12. The number of nitrogens with two attached hydrogens (primary N) is 1. The Labute approximate surface area is 114 Å². The molecule has 0 spiro atoms. The van der Waals surface area contributed by atoms with Crippen molar-refractivity contribution in [2.24, 2.45) is 0 Å². The van der Waals surface area contributed by atoms with Crippen LogP contribution in [0.1, 0.15) is 23.2 Å². The summed E-state index contributed by atoms with van der Waals surface area (Å²) < 4.78 is 0.749. The number of carbonyl (C=O) groups excluding carboxylic acids is 1. The SMILES string of the molecule is CSCCCCNC(=O)c1cc(Br)cnc1N. The Morgan fingerprint density at radius 2 is 2.35 bits per heavy atom. The Kier molecular flexibility index (Phi) is 6.36. The first-order valence-corrected chi connectivity index (χ1v) is 7.52. The monoisotopic (exact) mass is 317 g/mol. The number of carbonyl (C=O) groups is 1. The largest absolute Gasteiger partial charge is 0.383 e. The molecule has 0 saturated carbocycles. The summed E-state index contributed by atoms with van der Waals surface area (Å²) >= 11 is 5.08. The van der Waals surface area contributed by atoms with Crippen molar-refractivity contribution in [2.75, 3.05) is 24.3 Å². The fourth-order valence-electron chi connectivity index (χ4n) is 1.30. The molecule has 3 N–H and O–H groups in total. The molecule has 0 atom stereocenters. The number of nitrogens with one attached hydrogen (secondary N) is 1. The number of amides is 1. The van der Waals surface area contributed by atoms with E-state index in [2.05, 4.69) is 32.5 Å². The first-order valence-electron chi connectivity index (χ1n) is 5.33. The van der Waals surface area contributed by atoms with Crippen LogP contribution in [-0.4, -0.2) is 29.4 Å². The highest BCUT2D eigenvalue weighted by Gasteiger charge is 2.10. The van der Waals surface area contributed by atoms with Crippen LogP contribution in [-0.2, 0) is 0 Å². The van der Waals surface area contributed by atoms with Crippen LogP contribution in [0.25, 0.3) is 0 Å². The first kappa shape index (κ1) is 14.3. The number of nitrogens with zero attached hydrogens (tertiary/aromatic N) is 1. The lowest BCUT2D eigenvalue weighted by atomic mass is 10.2. The van der Waals surface area contributed by atoms with Gasteiger partial charge in [-0.15, -0.1) is 0 Å². The number of nitrogen functional groups attached to an aromatic ring is 1. The van der Waals surface area contributed by atoms with Gasteiger partial charge in [0.2, 0.25) is 0 Å². The van der Waals surface area contributed by atoms with E-state index in [1.807, 2.05) is 11.8 Å². The molecular formula is C11H16BrN3OS. The molecule has 1 aromatic heterocycles. The van der Waals surface area contributed by atoms with Crippen LogP contribution < -0.4 is 11.1 Å². The summed E-state index contributed by atoms with van der Waals surface area (Å²) in [6.07, 6.45) is 5.73. The molecule has 0 radical (unpaired) electrons. The molecule has 1 heterocycles. The average molecular weight is 318 g/mol. The zero-order valence-electron chi connectivity index (χ0n) is 9.70. The molecule has 1 aromatic rings. The number of aromatic nitrogens is 1. The topological polar surface area (TPSA) is 68.0 Å². The lowest BCUT2D eigenvalue weighted by molar-refractivity contribution is 0.0953. The molecule has 0 saturated heterocycles. The van der Waals surface area contributed by atoms with Crippen molar-refractivity contribution in [3.05, 3.63) is 22.3 Å². The molecule has 0 aliphatic rings. The Balaban J connectivity index is 2.44. The maximum atomic E-state index is 11.8. The van der Waals surface area contributed by atoms with Gasteiger partial charge >= 0.3 is 0 Å². The Hall–Kier alpha value is -0.750. The first-order chi connectivity index (χ1) is 8.15. The van der Waals surface area contributed by atoms with Gasteiger partial charge in [0.15, 0.2) is 0 Å². The van der Waals surface area contributed by atoms with Crippen molar-refractivity contribution in [3.8, 4) is 0 Å². The number of hydrogen-bond acceptors (Lipinski definition) is 4. The van der Waals surface area contributed by atoms with E-state index in [1.54, 1.807) is 12.3 Å². The lowest BCUT2D eigenvalue weighted by Gasteiger charge is -2.07. The third kappa shape index (κ3) is 4.95. The van der Waals surface area contributed by atoms with Gasteiger partial charge in [-0.3, -0.25) is 4.79 Å². The minimum absolute atomic E-state index is 0.166. The zero-order valence-corrected chi connectivity index (χ0v) is 12.1. The Morgan fingerprint density at radius 3 is 3.06 bits per heavy atom. The summed E-state index contributed by atoms with van der Waals surface area (Å²) in [6, 6.07) is 1.68. The van der Waals surface area contributed by atoms with Crippen molar-refractivity contribution in [3.63, 3.8) is 0 Å². The molecule has 1 amide bonds. The molecule has 0 aromatic carbocycles. The van der Waals surface area contributed by atoms with Crippen molar-refractivity contribution in [1.29, 1.82) is 0 Å². The van der Waals surface area contributed by atoms with Gasteiger partial charge in [-0.2, -0.15) is 11.8 Å². The normalized spacial score (nSPS) is 10.2. The maximum absolute atomic E-state index is 11.8. The van der Waals surface area contributed by atoms with Gasteiger partial charge < -0.3 is 11.1 Å². The highest BCUT2D eigenvalue weighted by Crippen LogP contribution is 2.15. The van der Waals surface area contributed by atoms with Gasteiger partial charge in [0, 0.05) is 17.2 Å². The molecule has 94 valence electrons. The number of pyridine rings is 1. The van der Waals surface area contributed by atoms with Gasteiger partial charge in [-0.25, -0.2) is 4.98 Å². The van der Waals surface area contributed by atoms with Crippen molar-refractivity contribution in [1.82, 2.24) is 10.3 Å². The molecule has 6 heteroatoms. The zero-order chi connectivity index (χ0) is 12.7. The average Bonchev–Trinajstić information content (AvgIpc) is 2.32. The third-order valence-electron chi connectivity index (χ3n) is 2.19. The number of rotatable bonds is 6. The third-order valence-corrected chi connectivity index (χ3v) is 3.32. The van der Waals surface area contributed by atoms with E-state index >= 15 is 0 Å². The molecule has 0 aliphatic carbocycles. The predicted molar refractivity (Wildman–Crippen MR) is 76.3 cm³/mol. The van der Waals surface area contributed by atoms with Gasteiger partial charge in [0.1, 0.15) is 5.82 Å². The summed E-state index contributed by atoms with van der Waals surface area (Å²) in [4.78, 5) is 15.7. The molecule has 1 rings (SSSR count).